The van der Waals surface area contributed by atoms with Crippen molar-refractivity contribution in [3.05, 3.63) is 30.1 Å². The van der Waals surface area contributed by atoms with Crippen molar-refractivity contribution in [1.82, 2.24) is 14.5 Å². The lowest BCUT2D eigenvalue weighted by Gasteiger charge is -2.32. The van der Waals surface area contributed by atoms with Gasteiger partial charge in [-0.1, -0.05) is 13.8 Å². The molecule has 1 aliphatic carbocycles. The second-order valence-electron chi connectivity index (χ2n) is 6.28. The Hall–Kier alpha value is -2.04. The average molecular weight is 286 g/mol. The van der Waals surface area contributed by atoms with Crippen molar-refractivity contribution < 1.29 is 4.79 Å². The molecule has 0 saturated heterocycles. The fourth-order valence-electron chi connectivity index (χ4n) is 2.66. The minimum Gasteiger partial charge on any atom is -0.399 e. The highest BCUT2D eigenvalue weighted by Gasteiger charge is 2.37. The minimum atomic E-state index is 0.0688. The summed E-state index contributed by atoms with van der Waals surface area (Å²) in [6.45, 7) is 6.43. The summed E-state index contributed by atoms with van der Waals surface area (Å²) in [6.07, 6.45) is 5.64. The van der Waals surface area contributed by atoms with Gasteiger partial charge in [-0.3, -0.25) is 4.79 Å². The van der Waals surface area contributed by atoms with E-state index in [1.54, 1.807) is 23.0 Å². The molecule has 0 spiro atoms. The molecule has 1 aliphatic rings. The monoisotopic (exact) mass is 286 g/mol. The van der Waals surface area contributed by atoms with Crippen LogP contribution in [0.4, 0.5) is 5.69 Å². The van der Waals surface area contributed by atoms with E-state index in [4.69, 9.17) is 5.73 Å². The van der Waals surface area contributed by atoms with E-state index in [0.29, 0.717) is 23.2 Å². The van der Waals surface area contributed by atoms with Crippen LogP contribution in [0.5, 0.6) is 0 Å². The maximum atomic E-state index is 13.0. The fraction of sp³-hybridized carbons (Fsp3) is 0.500. The van der Waals surface area contributed by atoms with E-state index in [-0.39, 0.29) is 11.9 Å². The summed E-state index contributed by atoms with van der Waals surface area (Å²) in [7, 11) is 0. The summed E-state index contributed by atoms with van der Waals surface area (Å²) >= 11 is 0. The Morgan fingerprint density at radius 1 is 1.43 bits per heavy atom. The van der Waals surface area contributed by atoms with Gasteiger partial charge in [0.05, 0.1) is 17.3 Å². The maximum absolute atomic E-state index is 13.0. The molecule has 5 nitrogen and oxygen atoms in total. The third kappa shape index (κ3) is 2.48. The topological polar surface area (TPSA) is 63.6 Å². The summed E-state index contributed by atoms with van der Waals surface area (Å²) in [4.78, 5) is 15.0. The summed E-state index contributed by atoms with van der Waals surface area (Å²) in [5, 5.41) is 4.26. The van der Waals surface area contributed by atoms with Crippen LogP contribution in [0.25, 0.3) is 5.52 Å². The number of pyridine rings is 1. The molecular formula is C16H22N4O. The van der Waals surface area contributed by atoms with Crippen LogP contribution in [-0.4, -0.2) is 32.5 Å². The Kier molecular flexibility index (Phi) is 3.35. The molecule has 3 rings (SSSR count). The third-order valence-corrected chi connectivity index (χ3v) is 4.35. The zero-order valence-corrected chi connectivity index (χ0v) is 12.8. The van der Waals surface area contributed by atoms with E-state index in [9.17, 15) is 4.79 Å². The number of fused-ring (bicyclic) bond motifs is 1. The molecule has 1 atom stereocenters. The lowest BCUT2D eigenvalue weighted by molar-refractivity contribution is 0.0630. The van der Waals surface area contributed by atoms with Crippen molar-refractivity contribution in [1.29, 1.82) is 0 Å². The van der Waals surface area contributed by atoms with Crippen LogP contribution in [0, 0.1) is 5.92 Å². The molecule has 21 heavy (non-hydrogen) atoms. The highest BCUT2D eigenvalue weighted by molar-refractivity contribution is 6.01. The van der Waals surface area contributed by atoms with Crippen LogP contribution in [0.2, 0.25) is 0 Å². The van der Waals surface area contributed by atoms with Crippen molar-refractivity contribution >= 4 is 17.1 Å². The second-order valence-corrected chi connectivity index (χ2v) is 6.28. The number of carbonyl (C=O) groups is 1. The van der Waals surface area contributed by atoms with Gasteiger partial charge in [0.15, 0.2) is 0 Å². The Bertz CT molecular complexity index is 672. The molecule has 0 aliphatic heterocycles. The van der Waals surface area contributed by atoms with Gasteiger partial charge in [0.2, 0.25) is 0 Å². The highest BCUT2D eigenvalue weighted by Crippen LogP contribution is 2.32. The molecule has 1 unspecified atom stereocenters. The van der Waals surface area contributed by atoms with Gasteiger partial charge in [0, 0.05) is 24.0 Å². The number of nitrogens with zero attached hydrogens (tertiary/aromatic N) is 3. The van der Waals surface area contributed by atoms with E-state index in [2.05, 4.69) is 25.9 Å². The first-order valence-corrected chi connectivity index (χ1v) is 7.54. The standard InChI is InChI=1S/C16H22N4O/c1-10(2)11(3)20(13-4-5-13)16(21)14-9-18-19-7-6-12(17)8-15(14)19/h6-11,13H,4-5,17H2,1-3H3. The van der Waals surface area contributed by atoms with Gasteiger partial charge < -0.3 is 10.6 Å². The van der Waals surface area contributed by atoms with Gasteiger partial charge in [-0.2, -0.15) is 5.10 Å². The number of amides is 1. The number of aromatic nitrogens is 2. The SMILES string of the molecule is CC(C)C(C)N(C(=O)c1cnn2ccc(N)cc12)C1CC1. The molecule has 0 bridgehead atoms. The van der Waals surface area contributed by atoms with Gasteiger partial charge in [-0.15, -0.1) is 0 Å². The quantitative estimate of drug-likeness (QED) is 0.939. The van der Waals surface area contributed by atoms with Crippen molar-refractivity contribution in [2.24, 2.45) is 5.92 Å². The van der Waals surface area contributed by atoms with Gasteiger partial charge in [0.1, 0.15) is 0 Å². The molecule has 2 aromatic rings. The maximum Gasteiger partial charge on any atom is 0.258 e. The van der Waals surface area contributed by atoms with E-state index >= 15 is 0 Å². The van der Waals surface area contributed by atoms with E-state index in [0.717, 1.165) is 18.4 Å². The molecule has 1 saturated carbocycles. The van der Waals surface area contributed by atoms with E-state index in [1.165, 1.54) is 0 Å². The molecule has 0 aromatic carbocycles. The Morgan fingerprint density at radius 3 is 2.76 bits per heavy atom. The number of carbonyl (C=O) groups excluding carboxylic acids is 1. The molecule has 2 N–H and O–H groups in total. The van der Waals surface area contributed by atoms with Crippen LogP contribution < -0.4 is 5.73 Å². The molecule has 0 radical (unpaired) electrons. The molecule has 2 aromatic heterocycles. The zero-order chi connectivity index (χ0) is 15.1. The molecule has 1 fully saturated rings. The van der Waals surface area contributed by atoms with Gasteiger partial charge in [0.25, 0.3) is 5.91 Å². The predicted molar refractivity (Wildman–Crippen MR) is 83.1 cm³/mol. The number of nitrogens with two attached hydrogens (primary N) is 1. The molecular weight excluding hydrogens is 264 g/mol. The number of hydrogen-bond acceptors (Lipinski definition) is 3. The molecule has 1 amide bonds. The summed E-state index contributed by atoms with van der Waals surface area (Å²) in [5.41, 5.74) is 7.91. The third-order valence-electron chi connectivity index (χ3n) is 4.35. The number of hydrogen-bond donors (Lipinski definition) is 1. The van der Waals surface area contributed by atoms with Crippen molar-refractivity contribution in [3.8, 4) is 0 Å². The first kappa shape index (κ1) is 13.9. The van der Waals surface area contributed by atoms with Crippen molar-refractivity contribution in [3.63, 3.8) is 0 Å². The number of rotatable bonds is 4. The van der Waals surface area contributed by atoms with Crippen LogP contribution in [0.1, 0.15) is 44.0 Å². The van der Waals surface area contributed by atoms with Gasteiger partial charge >= 0.3 is 0 Å². The Morgan fingerprint density at radius 2 is 2.14 bits per heavy atom. The average Bonchev–Trinajstić information content (AvgIpc) is 3.17. The Balaban J connectivity index is 2.00. The lowest BCUT2D eigenvalue weighted by Crippen LogP contribution is -2.43. The smallest absolute Gasteiger partial charge is 0.258 e. The predicted octanol–water partition coefficient (Wildman–Crippen LogP) is 2.57. The number of anilines is 1. The minimum absolute atomic E-state index is 0.0688. The van der Waals surface area contributed by atoms with Crippen LogP contribution >= 0.6 is 0 Å². The van der Waals surface area contributed by atoms with Crippen LogP contribution in [0.15, 0.2) is 24.5 Å². The van der Waals surface area contributed by atoms with E-state index < -0.39 is 0 Å². The zero-order valence-electron chi connectivity index (χ0n) is 12.8. The van der Waals surface area contributed by atoms with E-state index in [1.807, 2.05) is 11.0 Å². The largest absolute Gasteiger partial charge is 0.399 e. The summed E-state index contributed by atoms with van der Waals surface area (Å²) in [5.74, 6) is 0.501. The molecule has 2 heterocycles. The van der Waals surface area contributed by atoms with Crippen molar-refractivity contribution in [2.75, 3.05) is 5.73 Å². The second kappa shape index (κ2) is 5.06. The first-order valence-electron chi connectivity index (χ1n) is 7.54. The van der Waals surface area contributed by atoms with Crippen LogP contribution in [0.3, 0.4) is 0 Å². The summed E-state index contributed by atoms with van der Waals surface area (Å²) in [6, 6.07) is 4.20. The number of nitrogen functional groups attached to an aromatic ring is 1. The Labute approximate surface area is 124 Å². The van der Waals surface area contributed by atoms with Crippen LogP contribution in [-0.2, 0) is 0 Å². The van der Waals surface area contributed by atoms with Gasteiger partial charge in [-0.05, 0) is 37.8 Å². The lowest BCUT2D eigenvalue weighted by atomic mass is 10.0. The fourth-order valence-corrected chi connectivity index (χ4v) is 2.66. The molecule has 5 heteroatoms. The molecule has 112 valence electrons. The highest BCUT2D eigenvalue weighted by atomic mass is 16.2. The normalized spacial score (nSPS) is 16.4. The van der Waals surface area contributed by atoms with Crippen molar-refractivity contribution in [2.45, 2.75) is 45.7 Å². The van der Waals surface area contributed by atoms with Gasteiger partial charge in [-0.25, -0.2) is 4.52 Å². The summed E-state index contributed by atoms with van der Waals surface area (Å²) < 4.78 is 1.70. The first-order chi connectivity index (χ1) is 9.99.